The largest absolute Gasteiger partial charge is 0.430 e. The molecule has 0 saturated heterocycles. The summed E-state index contributed by atoms with van der Waals surface area (Å²) in [5, 5.41) is 0. The first-order chi connectivity index (χ1) is 24.3. The average molecular weight is 808 g/mol. The molecular weight excluding hydrogens is 761 g/mol. The number of hydrogen-bond acceptors (Lipinski definition) is 4. The van der Waals surface area contributed by atoms with Crippen LogP contribution in [0.3, 0.4) is 0 Å². The summed E-state index contributed by atoms with van der Waals surface area (Å²) in [6.07, 6.45) is -3.35. The monoisotopic (exact) mass is 807 g/mol. The van der Waals surface area contributed by atoms with Gasteiger partial charge >= 0.3 is 47.1 Å². The van der Waals surface area contributed by atoms with Crippen molar-refractivity contribution in [2.75, 3.05) is 0 Å². The Hall–Kier alpha value is -3.46. The molecule has 0 N–H and O–H groups in total. The third kappa shape index (κ3) is 11.3. The Morgan fingerprint density at radius 2 is 0.849 bits per heavy atom. The third-order valence-electron chi connectivity index (χ3n) is 8.98. The normalized spacial score (nSPS) is 13.4. The van der Waals surface area contributed by atoms with Crippen LogP contribution in [0.2, 0.25) is 48.4 Å². The Morgan fingerprint density at radius 1 is 0.547 bits per heavy atom. The summed E-state index contributed by atoms with van der Waals surface area (Å²) < 4.78 is 143. The second-order valence-electron chi connectivity index (χ2n) is 13.2. The van der Waals surface area contributed by atoms with Gasteiger partial charge in [0, 0.05) is 20.0 Å². The summed E-state index contributed by atoms with van der Waals surface area (Å²) in [5.74, 6) is -18.5. The van der Waals surface area contributed by atoms with Gasteiger partial charge in [-0.25, -0.2) is 32.8 Å². The van der Waals surface area contributed by atoms with Crippen molar-refractivity contribution in [1.82, 2.24) is 13.7 Å². The van der Waals surface area contributed by atoms with Gasteiger partial charge < -0.3 is 0 Å². The van der Waals surface area contributed by atoms with E-state index in [0.29, 0.717) is 57.5 Å². The number of alkyl halides is 10. The second kappa shape index (κ2) is 18.7. The van der Waals surface area contributed by atoms with E-state index in [4.69, 9.17) is 0 Å². The zero-order chi connectivity index (χ0) is 41.1. The zero-order valence-corrected chi connectivity index (χ0v) is 31.7. The van der Waals surface area contributed by atoms with Crippen molar-refractivity contribution >= 4 is 16.1 Å². The van der Waals surface area contributed by atoms with Crippen molar-refractivity contribution in [2.45, 2.75) is 118 Å². The van der Waals surface area contributed by atoms with Crippen LogP contribution in [0.25, 0.3) is 0 Å². The van der Waals surface area contributed by atoms with Crippen LogP contribution in [0.1, 0.15) is 19.8 Å². The maximum absolute atomic E-state index is 15.1. The standard InChI is InChI=1S/C34H47F10N3O4Si2/c1-8-18-52(19-9-2,20-10-3)24-14-16-45-27(48)46(17-15-25-53(21-11-4,22-12-5)23-13-6)29(50)47(28(45)49)26-31(37,38)33(41,42)51-34(43,44)32(39,40)30(7,35)36/h8-13H,1-6,14-26H2,7H3. The van der Waals surface area contributed by atoms with Crippen molar-refractivity contribution in [1.29, 1.82) is 0 Å². The molecule has 300 valence electrons. The smallest absolute Gasteiger partial charge is 0.247 e. The molecule has 0 aliphatic heterocycles. The van der Waals surface area contributed by atoms with Crippen LogP contribution in [-0.2, 0) is 24.4 Å². The van der Waals surface area contributed by atoms with Crippen LogP contribution in [-0.4, -0.2) is 59.8 Å². The molecule has 19 heteroatoms. The number of allylic oxidation sites excluding steroid dienone is 6. The molecule has 0 aliphatic carbocycles. The molecule has 0 aliphatic rings. The molecule has 7 nitrogen and oxygen atoms in total. The first-order valence-corrected chi connectivity index (χ1v) is 22.2. The fourth-order valence-corrected chi connectivity index (χ4v) is 13.9. The summed E-state index contributed by atoms with van der Waals surface area (Å²) in [6, 6.07) is 4.15. The molecule has 0 amide bonds. The lowest BCUT2D eigenvalue weighted by molar-refractivity contribution is -0.485. The molecule has 53 heavy (non-hydrogen) atoms. The second-order valence-corrected chi connectivity index (χ2v) is 22.7. The molecule has 1 rings (SSSR count). The number of halogens is 10. The Kier molecular flexibility index (Phi) is 16.8. The summed E-state index contributed by atoms with van der Waals surface area (Å²) in [4.78, 5) is 40.5. The van der Waals surface area contributed by atoms with Crippen molar-refractivity contribution < 1.29 is 48.6 Å². The molecule has 0 spiro atoms. The number of rotatable bonds is 27. The number of aromatic nitrogens is 3. The Balaban J connectivity index is 3.84. The predicted molar refractivity (Wildman–Crippen MR) is 191 cm³/mol. The van der Waals surface area contributed by atoms with E-state index in [-0.39, 0.29) is 12.8 Å². The van der Waals surface area contributed by atoms with E-state index in [1.54, 1.807) is 36.5 Å². The molecule has 0 fully saturated rings. The highest BCUT2D eigenvalue weighted by atomic mass is 28.3. The summed E-state index contributed by atoms with van der Waals surface area (Å²) in [6.45, 7) is 18.0. The Bertz CT molecular complexity index is 1510. The highest BCUT2D eigenvalue weighted by Gasteiger charge is 2.75. The van der Waals surface area contributed by atoms with Gasteiger partial charge in [0.05, 0.1) is 16.1 Å². The summed E-state index contributed by atoms with van der Waals surface area (Å²) >= 11 is 0. The van der Waals surface area contributed by atoms with Crippen LogP contribution in [0.5, 0.6) is 0 Å². The van der Waals surface area contributed by atoms with Gasteiger partial charge in [-0.15, -0.1) is 39.5 Å². The molecular formula is C34H47F10N3O4Si2. The SMILES string of the molecule is C=CC[Si](CC=C)(CC=C)CCCn1c(=O)n(CCC[Si](CC=C)(CC=C)CC=C)c(=O)n(CC(F)(F)C(F)(F)OC(F)(F)C(F)(F)C(C)(F)F)c1=O. The van der Waals surface area contributed by atoms with Crippen LogP contribution in [0, 0.1) is 0 Å². The number of hydrogen-bond donors (Lipinski definition) is 0. The van der Waals surface area contributed by atoms with E-state index in [0.717, 1.165) is 0 Å². The highest BCUT2D eigenvalue weighted by molar-refractivity contribution is 6.81. The first-order valence-electron chi connectivity index (χ1n) is 16.5. The first kappa shape index (κ1) is 47.6. The van der Waals surface area contributed by atoms with Crippen molar-refractivity contribution in [2.24, 2.45) is 0 Å². The zero-order valence-electron chi connectivity index (χ0n) is 29.7. The van der Waals surface area contributed by atoms with E-state index in [1.807, 2.05) is 0 Å². The van der Waals surface area contributed by atoms with Gasteiger partial charge in [0.25, 0.3) is 0 Å². The molecule has 1 aromatic heterocycles. The molecule has 0 radical (unpaired) electrons. The number of nitrogens with zero attached hydrogens (tertiary/aromatic N) is 3. The minimum atomic E-state index is -6.86. The third-order valence-corrected chi connectivity index (χ3v) is 18.7. The van der Waals surface area contributed by atoms with Crippen LogP contribution < -0.4 is 17.1 Å². The van der Waals surface area contributed by atoms with Gasteiger partial charge in [-0.05, 0) is 49.1 Å². The quantitative estimate of drug-likeness (QED) is 0.0506. The maximum atomic E-state index is 15.1. The van der Waals surface area contributed by atoms with E-state index in [9.17, 15) is 49.5 Å². The van der Waals surface area contributed by atoms with E-state index in [2.05, 4.69) is 44.2 Å². The minimum absolute atomic E-state index is 0.0469. The van der Waals surface area contributed by atoms with Crippen molar-refractivity contribution in [3.8, 4) is 0 Å². The van der Waals surface area contributed by atoms with Gasteiger partial charge in [0.2, 0.25) is 0 Å². The van der Waals surface area contributed by atoms with Gasteiger partial charge in [0.15, 0.2) is 0 Å². The van der Waals surface area contributed by atoms with Gasteiger partial charge in [-0.3, -0.25) is 0 Å². The Morgan fingerprint density at radius 3 is 1.13 bits per heavy atom. The lowest BCUT2D eigenvalue weighted by Crippen LogP contribution is -2.61. The average Bonchev–Trinajstić information content (AvgIpc) is 3.02. The molecule has 0 saturated carbocycles. The van der Waals surface area contributed by atoms with Gasteiger partial charge in [-0.2, -0.15) is 43.9 Å². The predicted octanol–water partition coefficient (Wildman–Crippen LogP) is 9.09. The van der Waals surface area contributed by atoms with Crippen molar-refractivity contribution in [3.63, 3.8) is 0 Å². The molecule has 1 aromatic rings. The molecule has 0 unspecified atom stereocenters. The maximum Gasteiger partial charge on any atom is 0.430 e. The minimum Gasteiger partial charge on any atom is -0.247 e. The van der Waals surface area contributed by atoms with Crippen LogP contribution in [0.15, 0.2) is 90.3 Å². The summed E-state index contributed by atoms with van der Waals surface area (Å²) in [7, 11) is -4.58. The topological polar surface area (TPSA) is 75.2 Å². The fourth-order valence-electron chi connectivity index (χ4n) is 6.22. The van der Waals surface area contributed by atoms with Crippen LogP contribution >= 0.6 is 0 Å². The number of ether oxygens (including phenoxy) is 1. The van der Waals surface area contributed by atoms with E-state index in [1.165, 1.54) is 0 Å². The van der Waals surface area contributed by atoms with E-state index >= 15 is 8.78 Å². The van der Waals surface area contributed by atoms with Gasteiger partial charge in [0.1, 0.15) is 6.54 Å². The molecule has 0 aromatic carbocycles. The van der Waals surface area contributed by atoms with E-state index < -0.39 is 94.3 Å². The fraction of sp³-hybridized carbons (Fsp3) is 0.559. The lowest BCUT2D eigenvalue weighted by atomic mass is 10.2. The molecule has 0 atom stereocenters. The molecule has 1 heterocycles. The van der Waals surface area contributed by atoms with Gasteiger partial charge in [-0.1, -0.05) is 48.5 Å². The van der Waals surface area contributed by atoms with Crippen LogP contribution in [0.4, 0.5) is 43.9 Å². The lowest BCUT2D eigenvalue weighted by Gasteiger charge is -2.34. The summed E-state index contributed by atoms with van der Waals surface area (Å²) in [5.41, 5.74) is -4.94. The van der Waals surface area contributed by atoms with Crippen molar-refractivity contribution in [3.05, 3.63) is 107 Å². The highest BCUT2D eigenvalue weighted by Crippen LogP contribution is 2.50. The molecule has 0 bridgehead atoms. The Labute approximate surface area is 303 Å².